The van der Waals surface area contributed by atoms with Gasteiger partial charge in [-0.05, 0) is 42.3 Å². The van der Waals surface area contributed by atoms with Gasteiger partial charge in [-0.25, -0.2) is 0 Å². The van der Waals surface area contributed by atoms with E-state index in [0.29, 0.717) is 11.3 Å². The summed E-state index contributed by atoms with van der Waals surface area (Å²) in [5.41, 5.74) is 1.79. The van der Waals surface area contributed by atoms with Crippen LogP contribution in [0.4, 0.5) is 0 Å². The number of carbonyl (C=O) groups is 1. The highest BCUT2D eigenvalue weighted by molar-refractivity contribution is 5.67. The minimum absolute atomic E-state index is 0.0506. The second-order valence-corrected chi connectivity index (χ2v) is 4.35. The molecule has 0 aliphatic rings. The van der Waals surface area contributed by atoms with Crippen LogP contribution >= 0.6 is 0 Å². The number of hydrogen-bond acceptors (Lipinski definition) is 3. The Kier molecular flexibility index (Phi) is 4.20. The van der Waals surface area contributed by atoms with Gasteiger partial charge in [-0.1, -0.05) is 6.07 Å². The lowest BCUT2D eigenvalue weighted by molar-refractivity contribution is -0.136. The first kappa shape index (κ1) is 13.9. The van der Waals surface area contributed by atoms with E-state index in [0.717, 1.165) is 11.3 Å². The van der Waals surface area contributed by atoms with Gasteiger partial charge in [-0.3, -0.25) is 9.59 Å². The molecule has 0 saturated carbocycles. The minimum atomic E-state index is -0.913. The first-order valence-electron chi connectivity index (χ1n) is 6.18. The summed E-state index contributed by atoms with van der Waals surface area (Å²) >= 11 is 0. The molecule has 1 aromatic carbocycles. The van der Waals surface area contributed by atoms with Gasteiger partial charge in [0, 0.05) is 17.7 Å². The molecule has 0 spiro atoms. The minimum Gasteiger partial charge on any atom is -0.497 e. The number of aryl methyl sites for hydroxylation is 1. The normalized spacial score (nSPS) is 10.2. The van der Waals surface area contributed by atoms with E-state index in [-0.39, 0.29) is 18.4 Å². The number of ether oxygens (including phenoxy) is 1. The van der Waals surface area contributed by atoms with E-state index in [4.69, 9.17) is 9.84 Å². The Hall–Kier alpha value is -2.56. The number of nitrogens with one attached hydrogen (secondary N) is 1. The number of aliphatic carboxylic acids is 1. The van der Waals surface area contributed by atoms with Crippen molar-refractivity contribution in [2.75, 3.05) is 7.11 Å². The number of pyridine rings is 1. The van der Waals surface area contributed by atoms with Crippen molar-refractivity contribution in [3.63, 3.8) is 0 Å². The molecule has 0 aliphatic heterocycles. The van der Waals surface area contributed by atoms with Gasteiger partial charge in [0.15, 0.2) is 0 Å². The Balaban J connectivity index is 2.23. The van der Waals surface area contributed by atoms with E-state index in [1.54, 1.807) is 19.2 Å². The fourth-order valence-electron chi connectivity index (χ4n) is 1.88. The average molecular weight is 273 g/mol. The van der Waals surface area contributed by atoms with Crippen LogP contribution in [0.15, 0.2) is 41.2 Å². The lowest BCUT2D eigenvalue weighted by atomic mass is 10.1. The van der Waals surface area contributed by atoms with Crippen LogP contribution in [0.2, 0.25) is 0 Å². The van der Waals surface area contributed by atoms with Gasteiger partial charge in [0.05, 0.1) is 7.11 Å². The standard InChI is InChI=1S/C15H15NO4/c1-20-12-6-2-10(3-7-12)13-8-4-11(15(19)16-13)5-9-14(17)18/h2-4,6-8H,5,9H2,1H3,(H,16,19)(H,17,18). The number of H-pyrrole nitrogens is 1. The molecule has 0 atom stereocenters. The summed E-state index contributed by atoms with van der Waals surface area (Å²) in [6, 6.07) is 10.8. The Morgan fingerprint density at radius 1 is 1.20 bits per heavy atom. The van der Waals surface area contributed by atoms with Crippen LogP contribution in [0, 0.1) is 0 Å². The average Bonchev–Trinajstić information content (AvgIpc) is 2.46. The molecule has 0 saturated heterocycles. The van der Waals surface area contributed by atoms with Crippen molar-refractivity contribution in [2.24, 2.45) is 0 Å². The molecule has 1 aromatic heterocycles. The fraction of sp³-hybridized carbons (Fsp3) is 0.200. The van der Waals surface area contributed by atoms with Gasteiger partial charge in [0.25, 0.3) is 5.56 Å². The molecular formula is C15H15NO4. The van der Waals surface area contributed by atoms with E-state index in [9.17, 15) is 9.59 Å². The number of carboxylic acid groups (broad SMARTS) is 1. The second kappa shape index (κ2) is 6.06. The first-order chi connectivity index (χ1) is 9.60. The first-order valence-corrected chi connectivity index (χ1v) is 6.18. The lowest BCUT2D eigenvalue weighted by Gasteiger charge is -2.05. The molecule has 2 aromatic rings. The predicted molar refractivity (Wildman–Crippen MR) is 75.0 cm³/mol. The molecule has 0 bridgehead atoms. The molecule has 2 N–H and O–H groups in total. The highest BCUT2D eigenvalue weighted by Crippen LogP contribution is 2.19. The second-order valence-electron chi connectivity index (χ2n) is 4.35. The zero-order valence-corrected chi connectivity index (χ0v) is 11.1. The van der Waals surface area contributed by atoms with Crippen LogP contribution in [0.25, 0.3) is 11.3 Å². The van der Waals surface area contributed by atoms with E-state index in [2.05, 4.69) is 4.98 Å². The van der Waals surface area contributed by atoms with Gasteiger partial charge >= 0.3 is 5.97 Å². The van der Waals surface area contributed by atoms with E-state index in [1.807, 2.05) is 24.3 Å². The summed E-state index contributed by atoms with van der Waals surface area (Å²) in [7, 11) is 1.59. The topological polar surface area (TPSA) is 79.4 Å². The zero-order valence-electron chi connectivity index (χ0n) is 11.1. The lowest BCUT2D eigenvalue weighted by Crippen LogP contribution is -2.14. The summed E-state index contributed by atoms with van der Waals surface area (Å²) < 4.78 is 5.07. The number of benzene rings is 1. The van der Waals surface area contributed by atoms with Gasteiger partial charge in [-0.15, -0.1) is 0 Å². The largest absolute Gasteiger partial charge is 0.497 e. The van der Waals surface area contributed by atoms with E-state index in [1.165, 1.54) is 0 Å². The highest BCUT2D eigenvalue weighted by Gasteiger charge is 2.05. The molecule has 0 unspecified atom stereocenters. The molecule has 0 aliphatic carbocycles. The fourth-order valence-corrected chi connectivity index (χ4v) is 1.88. The molecule has 1 heterocycles. The maximum Gasteiger partial charge on any atom is 0.303 e. The van der Waals surface area contributed by atoms with Crippen LogP contribution in [0.5, 0.6) is 5.75 Å². The van der Waals surface area contributed by atoms with Crippen molar-refractivity contribution in [3.8, 4) is 17.0 Å². The molecule has 20 heavy (non-hydrogen) atoms. The number of aromatic nitrogens is 1. The molecule has 0 amide bonds. The number of hydrogen-bond donors (Lipinski definition) is 2. The monoisotopic (exact) mass is 273 g/mol. The van der Waals surface area contributed by atoms with Crippen molar-refractivity contribution < 1.29 is 14.6 Å². The summed E-state index contributed by atoms with van der Waals surface area (Å²) in [5, 5.41) is 8.62. The predicted octanol–water partition coefficient (Wildman–Crippen LogP) is 2.07. The molecule has 104 valence electrons. The van der Waals surface area contributed by atoms with Crippen LogP contribution in [0.1, 0.15) is 12.0 Å². The van der Waals surface area contributed by atoms with Crippen molar-refractivity contribution in [2.45, 2.75) is 12.8 Å². The Morgan fingerprint density at radius 3 is 2.45 bits per heavy atom. The third-order valence-corrected chi connectivity index (χ3v) is 3.00. The van der Waals surface area contributed by atoms with Gasteiger partial charge in [0.2, 0.25) is 0 Å². The van der Waals surface area contributed by atoms with Crippen LogP contribution in [-0.2, 0) is 11.2 Å². The molecule has 2 rings (SSSR count). The van der Waals surface area contributed by atoms with Gasteiger partial charge < -0.3 is 14.8 Å². The third-order valence-electron chi connectivity index (χ3n) is 3.00. The van der Waals surface area contributed by atoms with Crippen molar-refractivity contribution in [1.82, 2.24) is 4.98 Å². The number of aromatic amines is 1. The van der Waals surface area contributed by atoms with Crippen molar-refractivity contribution in [1.29, 1.82) is 0 Å². The SMILES string of the molecule is COc1ccc(-c2ccc(CCC(=O)O)c(=O)[nH]2)cc1. The van der Waals surface area contributed by atoms with E-state index >= 15 is 0 Å². The Bertz CT molecular complexity index is 658. The van der Waals surface area contributed by atoms with Crippen LogP contribution in [0.3, 0.4) is 0 Å². The van der Waals surface area contributed by atoms with E-state index < -0.39 is 5.97 Å². The Morgan fingerprint density at radius 2 is 1.90 bits per heavy atom. The smallest absolute Gasteiger partial charge is 0.303 e. The Labute approximate surface area is 115 Å². The molecule has 5 heteroatoms. The number of rotatable bonds is 5. The molecular weight excluding hydrogens is 258 g/mol. The maximum absolute atomic E-state index is 11.9. The van der Waals surface area contributed by atoms with Crippen molar-refractivity contribution >= 4 is 5.97 Å². The van der Waals surface area contributed by atoms with Crippen LogP contribution < -0.4 is 10.3 Å². The zero-order chi connectivity index (χ0) is 14.5. The quantitative estimate of drug-likeness (QED) is 0.874. The summed E-state index contributed by atoms with van der Waals surface area (Å²) in [6.07, 6.45) is 0.179. The summed E-state index contributed by atoms with van der Waals surface area (Å²) in [4.78, 5) is 25.1. The van der Waals surface area contributed by atoms with Gasteiger partial charge in [0.1, 0.15) is 5.75 Å². The summed E-state index contributed by atoms with van der Waals surface area (Å²) in [5.74, 6) is -0.169. The summed E-state index contributed by atoms with van der Waals surface area (Å²) in [6.45, 7) is 0. The molecule has 5 nitrogen and oxygen atoms in total. The maximum atomic E-state index is 11.9. The van der Waals surface area contributed by atoms with Crippen LogP contribution in [-0.4, -0.2) is 23.2 Å². The third kappa shape index (κ3) is 3.26. The number of carboxylic acids is 1. The van der Waals surface area contributed by atoms with Crippen molar-refractivity contribution in [3.05, 3.63) is 52.3 Å². The highest BCUT2D eigenvalue weighted by atomic mass is 16.5. The molecule has 0 fully saturated rings. The molecule has 0 radical (unpaired) electrons. The number of methoxy groups -OCH3 is 1. The van der Waals surface area contributed by atoms with Gasteiger partial charge in [-0.2, -0.15) is 0 Å².